The second kappa shape index (κ2) is 28.4. The molecule has 9 rings (SSSR count). The first-order chi connectivity index (χ1) is 37.9. The Labute approximate surface area is 453 Å². The molecular weight excluding hydrogens is 997 g/mol. The van der Waals surface area contributed by atoms with E-state index in [9.17, 15) is 14.4 Å². The predicted molar refractivity (Wildman–Crippen MR) is 289 cm³/mol. The number of benzene rings is 7. The summed E-state index contributed by atoms with van der Waals surface area (Å²) in [6.07, 6.45) is -10.3. The largest absolute Gasteiger partial charge is 0.459 e. The lowest BCUT2D eigenvalue weighted by Crippen LogP contribution is -2.66. The van der Waals surface area contributed by atoms with Gasteiger partial charge in [0.15, 0.2) is 18.5 Å². The number of hydrogen-bond acceptors (Lipinski definition) is 14. The smallest absolute Gasteiger partial charge is 0.338 e. The topological polar surface area (TPSA) is 144 Å². The van der Waals surface area contributed by atoms with Gasteiger partial charge in [-0.3, -0.25) is 0 Å². The van der Waals surface area contributed by atoms with Crippen LogP contribution in [-0.4, -0.2) is 97.4 Å². The Morgan fingerprint density at radius 1 is 0.403 bits per heavy atom. The quantitative estimate of drug-likeness (QED) is 0.0418. The third kappa shape index (κ3) is 15.4. The molecule has 0 unspecified atom stereocenters. The zero-order valence-corrected chi connectivity index (χ0v) is 43.5. The zero-order chi connectivity index (χ0) is 53.0. The van der Waals surface area contributed by atoms with Crippen LogP contribution in [-0.2, 0) is 73.8 Å². The first-order valence-corrected chi connectivity index (χ1v) is 26.9. The molecule has 0 radical (unpaired) electrons. The molecule has 0 spiro atoms. The number of rotatable bonds is 24. The van der Waals surface area contributed by atoms with Crippen molar-refractivity contribution >= 4 is 29.7 Å². The molecule has 0 saturated carbocycles. The molecule has 13 nitrogen and oxygen atoms in total. The Balaban J connectivity index is 1.15. The van der Waals surface area contributed by atoms with Crippen LogP contribution in [0.4, 0.5) is 0 Å². The molecule has 2 fully saturated rings. The minimum absolute atomic E-state index is 0.0169. The summed E-state index contributed by atoms with van der Waals surface area (Å²) in [5.41, 5.74) is 3.49. The van der Waals surface area contributed by atoms with E-state index >= 15 is 0 Å². The highest BCUT2D eigenvalue weighted by Gasteiger charge is 2.56. The number of thioether (sulfide) groups is 1. The Morgan fingerprint density at radius 3 is 1.26 bits per heavy atom. The molecule has 0 N–H and O–H groups in total. The van der Waals surface area contributed by atoms with Gasteiger partial charge in [0.2, 0.25) is 0 Å². The van der Waals surface area contributed by atoms with Crippen LogP contribution in [0.1, 0.15) is 60.3 Å². The lowest BCUT2D eigenvalue weighted by atomic mass is 9.96. The molecule has 7 aromatic rings. The fourth-order valence-corrected chi connectivity index (χ4v) is 10.0. The van der Waals surface area contributed by atoms with Gasteiger partial charge in [0.25, 0.3) is 0 Å². The summed E-state index contributed by atoms with van der Waals surface area (Å²) in [5.74, 6) is -1.53. The third-order valence-corrected chi connectivity index (χ3v) is 14.0. The van der Waals surface area contributed by atoms with Gasteiger partial charge in [0, 0.05) is 0 Å². The molecule has 7 aromatic carbocycles. The molecule has 0 amide bonds. The summed E-state index contributed by atoms with van der Waals surface area (Å²) in [4.78, 5) is 42.6. The SMILES string of the molecule is CCS[C@@H]1O[C@H](COC(=O)c2ccccc2)[C@@H](O[C@@H]2O[C@H](COCc3ccccc3)[C@@H](OCc3ccccc3)[C@H](OCc3ccccc3)[C@H]2OCc2ccccc2)[C@H](OC(=O)c2ccccc2)[C@H]1OC(=O)c1ccccc1. The van der Waals surface area contributed by atoms with Crippen LogP contribution in [0.25, 0.3) is 0 Å². The van der Waals surface area contributed by atoms with Gasteiger partial charge >= 0.3 is 17.9 Å². The van der Waals surface area contributed by atoms with Gasteiger partial charge < -0.3 is 47.4 Å². The molecule has 0 aliphatic carbocycles. The minimum Gasteiger partial charge on any atom is -0.459 e. The van der Waals surface area contributed by atoms with E-state index in [-0.39, 0.29) is 50.8 Å². The van der Waals surface area contributed by atoms with Crippen molar-refractivity contribution in [2.45, 2.75) is 93.9 Å². The number of carbonyl (C=O) groups excluding carboxylic acids is 3. The van der Waals surface area contributed by atoms with Gasteiger partial charge in [0.1, 0.15) is 48.7 Å². The van der Waals surface area contributed by atoms with Gasteiger partial charge in [0.05, 0.1) is 49.7 Å². The second-order valence-electron chi connectivity index (χ2n) is 18.4. The monoisotopic (exact) mass is 1060 g/mol. The van der Waals surface area contributed by atoms with Crippen molar-refractivity contribution < 1.29 is 61.8 Å². The third-order valence-electron chi connectivity index (χ3n) is 12.9. The normalized spacial score (nSPS) is 23.1. The van der Waals surface area contributed by atoms with E-state index < -0.39 is 78.5 Å². The van der Waals surface area contributed by atoms with Crippen molar-refractivity contribution in [2.24, 2.45) is 0 Å². The van der Waals surface area contributed by atoms with Crippen molar-refractivity contribution in [3.05, 3.63) is 251 Å². The standard InChI is InChI=1S/C63H62O13S/c1-2-77-63-58(75-61(66)50-36-22-9-23-37-50)56(74-60(65)49-34-20-8-21-35-49)54(52(73-63)43-71-59(64)48-32-18-7-19-33-48)76-62-57(70-41-47-30-16-6-17-31-47)55(69-40-46-28-14-5-15-29-46)53(68-39-45-26-12-4-13-27-45)51(72-62)42-67-38-44-24-10-3-11-25-44/h3-37,51-58,62-63H,2,38-43H2,1H3/t51-,52-,53-,54-,55+,56+,57-,58-,62+,63+/m1/s1. The Morgan fingerprint density at radius 2 is 0.792 bits per heavy atom. The summed E-state index contributed by atoms with van der Waals surface area (Å²) >= 11 is 1.33. The summed E-state index contributed by atoms with van der Waals surface area (Å²) in [6.45, 7) is 2.28. The Kier molecular flexibility index (Phi) is 20.2. The molecule has 10 atom stereocenters. The van der Waals surface area contributed by atoms with E-state index in [1.165, 1.54) is 11.8 Å². The molecule has 398 valence electrons. The summed E-state index contributed by atoms with van der Waals surface area (Å²) in [5, 5.41) is 0. The van der Waals surface area contributed by atoms with Crippen LogP contribution < -0.4 is 0 Å². The Bertz CT molecular complexity index is 2850. The molecule has 0 bridgehead atoms. The molecule has 2 aliphatic rings. The maximum Gasteiger partial charge on any atom is 0.338 e. The average Bonchev–Trinajstić information content (AvgIpc) is 3.52. The predicted octanol–water partition coefficient (Wildman–Crippen LogP) is 10.9. The highest BCUT2D eigenvalue weighted by atomic mass is 32.2. The molecule has 0 aromatic heterocycles. The van der Waals surface area contributed by atoms with Crippen LogP contribution in [0.5, 0.6) is 0 Å². The zero-order valence-electron chi connectivity index (χ0n) is 42.6. The van der Waals surface area contributed by atoms with Crippen molar-refractivity contribution in [3.8, 4) is 0 Å². The summed E-state index contributed by atoms with van der Waals surface area (Å²) in [6, 6.07) is 64.6. The first kappa shape index (κ1) is 54.8. The van der Waals surface area contributed by atoms with E-state index in [0.717, 1.165) is 22.3 Å². The van der Waals surface area contributed by atoms with Crippen LogP contribution in [0.2, 0.25) is 0 Å². The van der Waals surface area contributed by atoms with E-state index in [2.05, 4.69) is 0 Å². The maximum atomic E-state index is 14.5. The van der Waals surface area contributed by atoms with Gasteiger partial charge in [-0.2, -0.15) is 0 Å². The molecule has 2 aliphatic heterocycles. The number of hydrogen-bond donors (Lipinski definition) is 0. The fourth-order valence-electron chi connectivity index (χ4n) is 9.09. The molecule has 2 saturated heterocycles. The van der Waals surface area contributed by atoms with Crippen LogP contribution in [0.3, 0.4) is 0 Å². The van der Waals surface area contributed by atoms with Gasteiger partial charge in [-0.15, -0.1) is 11.8 Å². The number of carbonyl (C=O) groups is 3. The first-order valence-electron chi connectivity index (χ1n) is 25.8. The lowest BCUT2D eigenvalue weighted by molar-refractivity contribution is -0.355. The molecule has 77 heavy (non-hydrogen) atoms. The van der Waals surface area contributed by atoms with E-state index in [1.54, 1.807) is 91.0 Å². The van der Waals surface area contributed by atoms with Crippen molar-refractivity contribution in [1.29, 1.82) is 0 Å². The summed E-state index contributed by atoms with van der Waals surface area (Å²) in [7, 11) is 0. The van der Waals surface area contributed by atoms with Crippen LogP contribution >= 0.6 is 11.8 Å². The summed E-state index contributed by atoms with van der Waals surface area (Å²) < 4.78 is 67.9. The van der Waals surface area contributed by atoms with Crippen molar-refractivity contribution in [2.75, 3.05) is 19.0 Å². The number of ether oxygens (including phenoxy) is 10. The van der Waals surface area contributed by atoms with Crippen molar-refractivity contribution in [1.82, 2.24) is 0 Å². The van der Waals surface area contributed by atoms with Gasteiger partial charge in [-0.1, -0.05) is 183 Å². The van der Waals surface area contributed by atoms with E-state index in [4.69, 9.17) is 47.4 Å². The molecular formula is C63H62O13S. The molecule has 2 heterocycles. The van der Waals surface area contributed by atoms with Gasteiger partial charge in [-0.25, -0.2) is 14.4 Å². The molecule has 14 heteroatoms. The van der Waals surface area contributed by atoms with Gasteiger partial charge in [-0.05, 0) is 64.4 Å². The van der Waals surface area contributed by atoms with E-state index in [1.807, 2.05) is 128 Å². The highest BCUT2D eigenvalue weighted by molar-refractivity contribution is 7.99. The highest BCUT2D eigenvalue weighted by Crippen LogP contribution is 2.39. The van der Waals surface area contributed by atoms with E-state index in [0.29, 0.717) is 11.3 Å². The van der Waals surface area contributed by atoms with Crippen LogP contribution in [0, 0.1) is 0 Å². The lowest BCUT2D eigenvalue weighted by Gasteiger charge is -2.49. The second-order valence-corrected chi connectivity index (χ2v) is 19.7. The number of esters is 3. The van der Waals surface area contributed by atoms with Crippen molar-refractivity contribution in [3.63, 3.8) is 0 Å². The van der Waals surface area contributed by atoms with Crippen LogP contribution in [0.15, 0.2) is 212 Å². The minimum atomic E-state index is -1.41. The fraction of sp³-hybridized carbons (Fsp3) is 0.286. The average molecular weight is 1060 g/mol. The maximum absolute atomic E-state index is 14.5. The Hall–Kier alpha value is -6.98.